The molecule has 1 aliphatic carbocycles. The molecule has 2 fully saturated rings. The first-order chi connectivity index (χ1) is 13.9. The van der Waals surface area contributed by atoms with Gasteiger partial charge in [-0.2, -0.15) is 0 Å². The summed E-state index contributed by atoms with van der Waals surface area (Å²) in [6, 6.07) is 16.9. The maximum absolute atomic E-state index is 13.1. The lowest BCUT2D eigenvalue weighted by molar-refractivity contribution is -0.139. The van der Waals surface area contributed by atoms with E-state index in [0.29, 0.717) is 12.1 Å². The normalized spacial score (nSPS) is 21.2. The van der Waals surface area contributed by atoms with Crippen molar-refractivity contribution < 1.29 is 14.4 Å². The summed E-state index contributed by atoms with van der Waals surface area (Å²) in [5.41, 5.74) is 1.66. The SMILES string of the molecule is Cc1ccc(C2(C)NC(=O)N(CC(=O)N(Cc3ccccc3)C3CC3)C2=O)cc1. The van der Waals surface area contributed by atoms with Crippen LogP contribution in [-0.2, 0) is 21.7 Å². The maximum atomic E-state index is 13.1. The molecule has 0 aromatic heterocycles. The summed E-state index contributed by atoms with van der Waals surface area (Å²) in [5, 5.41) is 2.77. The van der Waals surface area contributed by atoms with Crippen molar-refractivity contribution in [2.24, 2.45) is 0 Å². The Morgan fingerprint density at radius 2 is 1.76 bits per heavy atom. The number of nitrogens with one attached hydrogen (secondary N) is 1. The number of hydrogen-bond donors (Lipinski definition) is 1. The Hall–Kier alpha value is -3.15. The molecule has 1 saturated carbocycles. The summed E-state index contributed by atoms with van der Waals surface area (Å²) in [4.78, 5) is 41.5. The van der Waals surface area contributed by atoms with E-state index >= 15 is 0 Å². The topological polar surface area (TPSA) is 69.7 Å². The van der Waals surface area contributed by atoms with Crippen LogP contribution in [0, 0.1) is 6.92 Å². The highest BCUT2D eigenvalue weighted by Crippen LogP contribution is 2.31. The Balaban J connectivity index is 1.50. The molecule has 2 aromatic carbocycles. The molecule has 6 heteroatoms. The van der Waals surface area contributed by atoms with E-state index in [9.17, 15) is 14.4 Å². The molecule has 29 heavy (non-hydrogen) atoms. The Bertz CT molecular complexity index is 938. The first kappa shape index (κ1) is 19.2. The highest BCUT2D eigenvalue weighted by molar-refractivity contribution is 6.09. The summed E-state index contributed by atoms with van der Waals surface area (Å²) in [6.07, 6.45) is 1.92. The van der Waals surface area contributed by atoms with E-state index in [1.54, 1.807) is 11.8 Å². The minimum absolute atomic E-state index is 0.187. The molecule has 6 nitrogen and oxygen atoms in total. The molecule has 1 N–H and O–H groups in total. The number of imide groups is 1. The van der Waals surface area contributed by atoms with Crippen LogP contribution in [0.2, 0.25) is 0 Å². The van der Waals surface area contributed by atoms with Crippen molar-refractivity contribution in [1.29, 1.82) is 0 Å². The van der Waals surface area contributed by atoms with Gasteiger partial charge in [0.15, 0.2) is 0 Å². The van der Waals surface area contributed by atoms with Crippen LogP contribution >= 0.6 is 0 Å². The fourth-order valence-electron chi connectivity index (χ4n) is 3.74. The van der Waals surface area contributed by atoms with Gasteiger partial charge in [0.25, 0.3) is 5.91 Å². The molecule has 1 atom stereocenters. The van der Waals surface area contributed by atoms with Crippen LogP contribution in [0.25, 0.3) is 0 Å². The molecule has 0 radical (unpaired) electrons. The van der Waals surface area contributed by atoms with E-state index in [1.165, 1.54) is 0 Å². The molecule has 1 saturated heterocycles. The van der Waals surface area contributed by atoms with E-state index in [4.69, 9.17) is 0 Å². The van der Waals surface area contributed by atoms with Crippen LogP contribution in [0.5, 0.6) is 0 Å². The quantitative estimate of drug-likeness (QED) is 0.770. The highest BCUT2D eigenvalue weighted by Gasteiger charge is 2.50. The van der Waals surface area contributed by atoms with Gasteiger partial charge in [0.1, 0.15) is 12.1 Å². The van der Waals surface area contributed by atoms with Gasteiger partial charge in [-0.3, -0.25) is 14.5 Å². The average Bonchev–Trinajstić information content (AvgIpc) is 3.52. The fourth-order valence-corrected chi connectivity index (χ4v) is 3.74. The van der Waals surface area contributed by atoms with Crippen LogP contribution in [-0.4, -0.2) is 40.2 Å². The van der Waals surface area contributed by atoms with Crippen LogP contribution in [0.4, 0.5) is 4.79 Å². The molecule has 0 spiro atoms. The van der Waals surface area contributed by atoms with Gasteiger partial charge in [0.05, 0.1) is 0 Å². The zero-order valence-corrected chi connectivity index (χ0v) is 16.7. The van der Waals surface area contributed by atoms with Gasteiger partial charge < -0.3 is 10.2 Å². The summed E-state index contributed by atoms with van der Waals surface area (Å²) in [7, 11) is 0. The van der Waals surface area contributed by atoms with Gasteiger partial charge in [-0.1, -0.05) is 60.2 Å². The van der Waals surface area contributed by atoms with Gasteiger partial charge in [0, 0.05) is 12.6 Å². The van der Waals surface area contributed by atoms with E-state index in [-0.39, 0.29) is 18.5 Å². The average molecular weight is 391 g/mol. The molecule has 1 aliphatic heterocycles. The van der Waals surface area contributed by atoms with E-state index < -0.39 is 17.5 Å². The van der Waals surface area contributed by atoms with E-state index in [2.05, 4.69) is 5.32 Å². The molecule has 2 aliphatic rings. The van der Waals surface area contributed by atoms with Gasteiger partial charge >= 0.3 is 6.03 Å². The van der Waals surface area contributed by atoms with Crippen molar-refractivity contribution >= 4 is 17.8 Å². The Morgan fingerprint density at radius 3 is 2.38 bits per heavy atom. The number of urea groups is 1. The monoisotopic (exact) mass is 391 g/mol. The number of hydrogen-bond acceptors (Lipinski definition) is 3. The smallest absolute Gasteiger partial charge is 0.325 e. The minimum atomic E-state index is -1.16. The van der Waals surface area contributed by atoms with Crippen molar-refractivity contribution in [3.63, 3.8) is 0 Å². The third-order valence-electron chi connectivity index (χ3n) is 5.70. The molecule has 1 unspecified atom stereocenters. The van der Waals surface area contributed by atoms with E-state index in [1.807, 2.05) is 61.5 Å². The third kappa shape index (κ3) is 3.75. The van der Waals surface area contributed by atoms with Gasteiger partial charge in [0.2, 0.25) is 5.91 Å². The number of rotatable bonds is 6. The molecular weight excluding hydrogens is 366 g/mol. The number of nitrogens with zero attached hydrogens (tertiary/aromatic N) is 2. The Labute approximate surface area is 170 Å². The largest absolute Gasteiger partial charge is 0.334 e. The van der Waals surface area contributed by atoms with Crippen LogP contribution in [0.1, 0.15) is 36.5 Å². The van der Waals surface area contributed by atoms with Gasteiger partial charge in [-0.25, -0.2) is 4.79 Å². The Morgan fingerprint density at radius 1 is 1.10 bits per heavy atom. The Kier molecular flexibility index (Phi) is 4.86. The second-order valence-corrected chi connectivity index (χ2v) is 8.05. The molecule has 4 rings (SSSR count). The number of carbonyl (C=O) groups is 3. The second kappa shape index (κ2) is 7.35. The molecule has 4 amide bonds. The third-order valence-corrected chi connectivity index (χ3v) is 5.70. The molecule has 1 heterocycles. The van der Waals surface area contributed by atoms with Crippen molar-refractivity contribution in [3.05, 3.63) is 71.3 Å². The van der Waals surface area contributed by atoms with Crippen LogP contribution in [0.3, 0.4) is 0 Å². The molecule has 2 aromatic rings. The van der Waals surface area contributed by atoms with Crippen molar-refractivity contribution in [1.82, 2.24) is 15.1 Å². The van der Waals surface area contributed by atoms with Gasteiger partial charge in [-0.15, -0.1) is 0 Å². The molecule has 0 bridgehead atoms. The lowest BCUT2D eigenvalue weighted by atomic mass is 9.91. The predicted molar refractivity (Wildman–Crippen MR) is 109 cm³/mol. The zero-order chi connectivity index (χ0) is 20.6. The summed E-state index contributed by atoms with van der Waals surface area (Å²) in [6.45, 7) is 3.90. The molecular formula is C23H25N3O3. The number of amides is 4. The fraction of sp³-hybridized carbons (Fsp3) is 0.348. The lowest BCUT2D eigenvalue weighted by Gasteiger charge is -2.25. The number of benzene rings is 2. The van der Waals surface area contributed by atoms with Crippen LogP contribution in [0.15, 0.2) is 54.6 Å². The van der Waals surface area contributed by atoms with Gasteiger partial charge in [-0.05, 0) is 37.8 Å². The minimum Gasteiger partial charge on any atom is -0.334 e. The van der Waals surface area contributed by atoms with Crippen molar-refractivity contribution in [2.75, 3.05) is 6.54 Å². The first-order valence-electron chi connectivity index (χ1n) is 9.93. The summed E-state index contributed by atoms with van der Waals surface area (Å²) >= 11 is 0. The van der Waals surface area contributed by atoms with E-state index in [0.717, 1.165) is 28.9 Å². The van der Waals surface area contributed by atoms with Crippen molar-refractivity contribution in [2.45, 2.75) is 44.8 Å². The number of carbonyl (C=O) groups excluding carboxylic acids is 3. The summed E-state index contributed by atoms with van der Waals surface area (Å²) in [5.74, 6) is -0.594. The highest BCUT2D eigenvalue weighted by atomic mass is 16.2. The second-order valence-electron chi connectivity index (χ2n) is 8.05. The zero-order valence-electron chi connectivity index (χ0n) is 16.7. The summed E-state index contributed by atoms with van der Waals surface area (Å²) < 4.78 is 0. The predicted octanol–water partition coefficient (Wildman–Crippen LogP) is 2.95. The number of aryl methyl sites for hydroxylation is 1. The van der Waals surface area contributed by atoms with Crippen LogP contribution < -0.4 is 5.32 Å². The lowest BCUT2D eigenvalue weighted by Crippen LogP contribution is -2.45. The molecule has 150 valence electrons. The first-order valence-corrected chi connectivity index (χ1v) is 9.93. The van der Waals surface area contributed by atoms with Crippen molar-refractivity contribution in [3.8, 4) is 0 Å². The standard InChI is InChI=1S/C23H25N3O3/c1-16-8-10-18(11-9-16)23(2)21(28)26(22(29)24-23)15-20(27)25(19-12-13-19)14-17-6-4-3-5-7-17/h3-11,19H,12-15H2,1-2H3,(H,24,29). The maximum Gasteiger partial charge on any atom is 0.325 e.